The van der Waals surface area contributed by atoms with Crippen molar-refractivity contribution < 1.29 is 4.74 Å². The Balaban J connectivity index is 2.76. The lowest BCUT2D eigenvalue weighted by Gasteiger charge is -2.03. The first-order valence-electron chi connectivity index (χ1n) is 4.72. The maximum absolute atomic E-state index is 6.03. The smallest absolute Gasteiger partial charge is 0.138 e. The first-order valence-corrected chi connectivity index (χ1v) is 5.10. The zero-order chi connectivity index (χ0) is 11.0. The molecule has 80 valence electrons. The summed E-state index contributed by atoms with van der Waals surface area (Å²) >= 11 is 6.03. The normalized spacial score (nSPS) is 10.9. The molecular formula is C11H13ClN2O. The van der Waals surface area contributed by atoms with E-state index in [4.69, 9.17) is 22.1 Å². The molecule has 1 heterocycles. The standard InChI is InChI=1S/C11H13ClN2O/c1-6-8(5-13)7-3-11(15-2)9(12)4-10(7)14-6/h3-4,14H,5,13H2,1-2H3. The minimum Gasteiger partial charge on any atom is -0.495 e. The highest BCUT2D eigenvalue weighted by Crippen LogP contribution is 2.32. The molecule has 0 unspecified atom stereocenters. The molecule has 0 saturated carbocycles. The predicted octanol–water partition coefficient (Wildman–Crippen LogP) is 2.60. The summed E-state index contributed by atoms with van der Waals surface area (Å²) in [4.78, 5) is 3.25. The minimum atomic E-state index is 0.511. The minimum absolute atomic E-state index is 0.511. The van der Waals surface area contributed by atoms with Crippen LogP contribution in [0.1, 0.15) is 11.3 Å². The Bertz CT molecular complexity index is 505. The van der Waals surface area contributed by atoms with Crippen LogP contribution in [0.5, 0.6) is 5.75 Å². The summed E-state index contributed by atoms with van der Waals surface area (Å²) in [5.41, 5.74) is 8.89. The molecule has 0 bridgehead atoms. The average molecular weight is 225 g/mol. The molecule has 0 spiro atoms. The number of benzene rings is 1. The number of aromatic nitrogens is 1. The molecule has 0 aliphatic heterocycles. The van der Waals surface area contributed by atoms with Gasteiger partial charge < -0.3 is 15.5 Å². The van der Waals surface area contributed by atoms with Gasteiger partial charge in [-0.3, -0.25) is 0 Å². The van der Waals surface area contributed by atoms with E-state index in [0.29, 0.717) is 17.3 Å². The first-order chi connectivity index (χ1) is 7.17. The van der Waals surface area contributed by atoms with E-state index in [-0.39, 0.29) is 0 Å². The van der Waals surface area contributed by atoms with Crippen LogP contribution in [-0.4, -0.2) is 12.1 Å². The Morgan fingerprint density at radius 2 is 2.20 bits per heavy atom. The number of fused-ring (bicyclic) bond motifs is 1. The van der Waals surface area contributed by atoms with E-state index in [1.807, 2.05) is 19.1 Å². The number of methoxy groups -OCH3 is 1. The van der Waals surface area contributed by atoms with Crippen molar-refractivity contribution >= 4 is 22.5 Å². The maximum atomic E-state index is 6.03. The maximum Gasteiger partial charge on any atom is 0.138 e. The van der Waals surface area contributed by atoms with Gasteiger partial charge in [0.1, 0.15) is 5.75 Å². The molecule has 3 nitrogen and oxygen atoms in total. The molecule has 1 aromatic carbocycles. The number of nitrogens with one attached hydrogen (secondary N) is 1. The zero-order valence-corrected chi connectivity index (χ0v) is 9.48. The molecule has 1 aromatic heterocycles. The van der Waals surface area contributed by atoms with Gasteiger partial charge in [-0.05, 0) is 24.6 Å². The first kappa shape index (κ1) is 10.3. The second-order valence-electron chi connectivity index (χ2n) is 3.47. The van der Waals surface area contributed by atoms with E-state index in [1.54, 1.807) is 7.11 Å². The lowest BCUT2D eigenvalue weighted by Crippen LogP contribution is -1.97. The van der Waals surface area contributed by atoms with Gasteiger partial charge in [0.25, 0.3) is 0 Å². The fourth-order valence-corrected chi connectivity index (χ4v) is 2.05. The van der Waals surface area contributed by atoms with Gasteiger partial charge >= 0.3 is 0 Å². The number of H-pyrrole nitrogens is 1. The summed E-state index contributed by atoms with van der Waals surface area (Å²) < 4.78 is 5.18. The Hall–Kier alpha value is -1.19. The molecule has 0 radical (unpaired) electrons. The number of nitrogens with two attached hydrogens (primary N) is 1. The van der Waals surface area contributed by atoms with Crippen LogP contribution < -0.4 is 10.5 Å². The van der Waals surface area contributed by atoms with Crippen molar-refractivity contribution in [1.29, 1.82) is 0 Å². The van der Waals surface area contributed by atoms with Gasteiger partial charge in [0.2, 0.25) is 0 Å². The largest absolute Gasteiger partial charge is 0.495 e. The third-order valence-corrected chi connectivity index (χ3v) is 2.89. The Kier molecular flexibility index (Phi) is 2.59. The summed E-state index contributed by atoms with van der Waals surface area (Å²) in [5.74, 6) is 0.679. The highest BCUT2D eigenvalue weighted by molar-refractivity contribution is 6.32. The molecule has 3 N–H and O–H groups in total. The Morgan fingerprint density at radius 3 is 2.80 bits per heavy atom. The van der Waals surface area contributed by atoms with Gasteiger partial charge in [0.15, 0.2) is 0 Å². The Morgan fingerprint density at radius 1 is 1.47 bits per heavy atom. The highest BCUT2D eigenvalue weighted by atomic mass is 35.5. The van der Waals surface area contributed by atoms with E-state index in [9.17, 15) is 0 Å². The van der Waals surface area contributed by atoms with Crippen LogP contribution in [0.2, 0.25) is 5.02 Å². The summed E-state index contributed by atoms with van der Waals surface area (Å²) in [5, 5.41) is 1.69. The summed E-state index contributed by atoms with van der Waals surface area (Å²) in [6, 6.07) is 3.78. The van der Waals surface area contributed by atoms with E-state index in [0.717, 1.165) is 22.2 Å². The van der Waals surface area contributed by atoms with Crippen LogP contribution >= 0.6 is 11.6 Å². The number of ether oxygens (including phenoxy) is 1. The number of hydrogen-bond acceptors (Lipinski definition) is 2. The van der Waals surface area contributed by atoms with Crippen molar-refractivity contribution in [2.75, 3.05) is 7.11 Å². The van der Waals surface area contributed by atoms with Crippen LogP contribution in [0.3, 0.4) is 0 Å². The molecule has 0 atom stereocenters. The molecule has 0 fully saturated rings. The van der Waals surface area contributed by atoms with Crippen LogP contribution in [0.15, 0.2) is 12.1 Å². The molecule has 4 heteroatoms. The molecule has 0 aliphatic rings. The molecule has 0 aliphatic carbocycles. The van der Waals surface area contributed by atoms with Crippen molar-refractivity contribution in [3.05, 3.63) is 28.4 Å². The molecule has 2 rings (SSSR count). The summed E-state index contributed by atoms with van der Waals surface area (Å²) in [6.45, 7) is 2.51. The number of aromatic amines is 1. The lowest BCUT2D eigenvalue weighted by atomic mass is 10.1. The third kappa shape index (κ3) is 1.58. The van der Waals surface area contributed by atoms with Crippen molar-refractivity contribution in [3.8, 4) is 5.75 Å². The van der Waals surface area contributed by atoms with Gasteiger partial charge in [-0.1, -0.05) is 11.6 Å². The van der Waals surface area contributed by atoms with Gasteiger partial charge in [-0.25, -0.2) is 0 Å². The van der Waals surface area contributed by atoms with Crippen LogP contribution in [0, 0.1) is 6.92 Å². The quantitative estimate of drug-likeness (QED) is 0.824. The fraction of sp³-hybridized carbons (Fsp3) is 0.273. The number of hydrogen-bond donors (Lipinski definition) is 2. The molecule has 0 amide bonds. The van der Waals surface area contributed by atoms with Crippen molar-refractivity contribution in [2.45, 2.75) is 13.5 Å². The van der Waals surface area contributed by atoms with Crippen molar-refractivity contribution in [1.82, 2.24) is 4.98 Å². The summed E-state index contributed by atoms with van der Waals surface area (Å²) in [6.07, 6.45) is 0. The SMILES string of the molecule is COc1cc2c(CN)c(C)[nH]c2cc1Cl. The van der Waals surface area contributed by atoms with Gasteiger partial charge in [0.05, 0.1) is 12.1 Å². The van der Waals surface area contributed by atoms with Crippen LogP contribution in [-0.2, 0) is 6.54 Å². The zero-order valence-electron chi connectivity index (χ0n) is 8.73. The summed E-state index contributed by atoms with van der Waals surface area (Å²) in [7, 11) is 1.61. The molecule has 0 saturated heterocycles. The highest BCUT2D eigenvalue weighted by Gasteiger charge is 2.10. The number of halogens is 1. The molecular weight excluding hydrogens is 212 g/mol. The Labute approximate surface area is 93.2 Å². The number of aryl methyl sites for hydroxylation is 1. The van der Waals surface area contributed by atoms with Crippen molar-refractivity contribution in [3.63, 3.8) is 0 Å². The van der Waals surface area contributed by atoms with Gasteiger partial charge in [0, 0.05) is 23.1 Å². The average Bonchev–Trinajstić information content (AvgIpc) is 2.51. The van der Waals surface area contributed by atoms with Crippen LogP contribution in [0.25, 0.3) is 10.9 Å². The second-order valence-corrected chi connectivity index (χ2v) is 3.87. The van der Waals surface area contributed by atoms with Crippen molar-refractivity contribution in [2.24, 2.45) is 5.73 Å². The van der Waals surface area contributed by atoms with Gasteiger partial charge in [-0.2, -0.15) is 0 Å². The van der Waals surface area contributed by atoms with E-state index < -0.39 is 0 Å². The van der Waals surface area contributed by atoms with E-state index in [1.165, 1.54) is 0 Å². The fourth-order valence-electron chi connectivity index (χ4n) is 1.81. The van der Waals surface area contributed by atoms with E-state index in [2.05, 4.69) is 4.98 Å². The number of rotatable bonds is 2. The predicted molar refractivity (Wildman–Crippen MR) is 62.5 cm³/mol. The monoisotopic (exact) mass is 224 g/mol. The van der Waals surface area contributed by atoms with Gasteiger partial charge in [-0.15, -0.1) is 0 Å². The topological polar surface area (TPSA) is 51.0 Å². The van der Waals surface area contributed by atoms with Crippen LogP contribution in [0.4, 0.5) is 0 Å². The second kappa shape index (κ2) is 3.76. The third-order valence-electron chi connectivity index (χ3n) is 2.60. The molecule has 2 aromatic rings. The lowest BCUT2D eigenvalue weighted by molar-refractivity contribution is 0.415. The molecule has 15 heavy (non-hydrogen) atoms. The van der Waals surface area contributed by atoms with E-state index >= 15 is 0 Å².